The monoisotopic (exact) mass is 335 g/mol. The fraction of sp³-hybridized carbons (Fsp3) is 0.263. The number of fused-ring (bicyclic) bond motifs is 1. The van der Waals surface area contributed by atoms with Crippen LogP contribution in [0.25, 0.3) is 0 Å². The fourth-order valence-electron chi connectivity index (χ4n) is 2.95. The van der Waals surface area contributed by atoms with Gasteiger partial charge >= 0.3 is 0 Å². The number of pyridine rings is 1. The van der Waals surface area contributed by atoms with Crippen LogP contribution in [0.2, 0.25) is 0 Å². The third kappa shape index (κ3) is 3.36. The van der Waals surface area contributed by atoms with Gasteiger partial charge in [0.25, 0.3) is 11.5 Å². The van der Waals surface area contributed by atoms with Gasteiger partial charge in [-0.15, -0.1) is 0 Å². The van der Waals surface area contributed by atoms with Crippen LogP contribution < -0.4 is 10.9 Å². The molecule has 1 aliphatic carbocycles. The number of carbonyl (C=O) groups is 2. The quantitative estimate of drug-likeness (QED) is 0.898. The summed E-state index contributed by atoms with van der Waals surface area (Å²) in [5, 5.41) is 11.6. The summed E-state index contributed by atoms with van der Waals surface area (Å²) >= 11 is 0. The number of ketones is 1. The van der Waals surface area contributed by atoms with Gasteiger partial charge in [0, 0.05) is 17.7 Å². The first kappa shape index (κ1) is 16.7. The highest BCUT2D eigenvalue weighted by atomic mass is 16.2. The first-order valence-corrected chi connectivity index (χ1v) is 8.10. The largest absolute Gasteiger partial charge is 0.345 e. The van der Waals surface area contributed by atoms with Crippen LogP contribution in [0.15, 0.2) is 35.1 Å². The molecule has 6 heteroatoms. The first-order valence-electron chi connectivity index (χ1n) is 8.10. The second kappa shape index (κ2) is 6.73. The molecule has 3 rings (SSSR count). The van der Waals surface area contributed by atoms with Crippen molar-refractivity contribution in [2.75, 3.05) is 0 Å². The molecule has 1 aliphatic rings. The van der Waals surface area contributed by atoms with E-state index >= 15 is 0 Å². The highest BCUT2D eigenvalue weighted by Crippen LogP contribution is 2.19. The Morgan fingerprint density at radius 3 is 2.64 bits per heavy atom. The SMILES string of the molecule is CC(NC(=O)c1cc2c([nH]c1=O)CCCC2=O)c1ccc(C#N)cc1. The third-order valence-electron chi connectivity index (χ3n) is 4.39. The molecule has 0 fully saturated rings. The topological polar surface area (TPSA) is 103 Å². The molecule has 0 saturated carbocycles. The molecule has 2 N–H and O–H groups in total. The van der Waals surface area contributed by atoms with Crippen molar-refractivity contribution >= 4 is 11.7 Å². The lowest BCUT2D eigenvalue weighted by molar-refractivity contribution is 0.0938. The number of H-pyrrole nitrogens is 1. The summed E-state index contributed by atoms with van der Waals surface area (Å²) in [7, 11) is 0. The van der Waals surface area contributed by atoms with Gasteiger partial charge in [-0.2, -0.15) is 5.26 Å². The van der Waals surface area contributed by atoms with Gasteiger partial charge in [-0.1, -0.05) is 12.1 Å². The minimum absolute atomic E-state index is 0.0494. The van der Waals surface area contributed by atoms with E-state index in [1.807, 2.05) is 6.07 Å². The predicted molar refractivity (Wildman–Crippen MR) is 91.4 cm³/mol. The molecule has 1 aromatic carbocycles. The summed E-state index contributed by atoms with van der Waals surface area (Å²) in [6.07, 6.45) is 1.78. The molecule has 1 unspecified atom stereocenters. The lowest BCUT2D eigenvalue weighted by Crippen LogP contribution is -2.33. The van der Waals surface area contributed by atoms with Crippen molar-refractivity contribution in [2.45, 2.75) is 32.2 Å². The van der Waals surface area contributed by atoms with E-state index in [1.165, 1.54) is 6.07 Å². The van der Waals surface area contributed by atoms with Crippen LogP contribution in [-0.4, -0.2) is 16.7 Å². The molecular formula is C19H17N3O3. The molecule has 0 aliphatic heterocycles. The van der Waals surface area contributed by atoms with Crippen LogP contribution in [0.5, 0.6) is 0 Å². The molecule has 0 bridgehead atoms. The Morgan fingerprint density at radius 2 is 1.96 bits per heavy atom. The van der Waals surface area contributed by atoms with E-state index in [2.05, 4.69) is 10.3 Å². The van der Waals surface area contributed by atoms with Gasteiger partial charge in [-0.25, -0.2) is 0 Å². The molecule has 1 heterocycles. The molecule has 0 spiro atoms. The Labute approximate surface area is 144 Å². The lowest BCUT2D eigenvalue weighted by Gasteiger charge is -2.17. The molecule has 6 nitrogen and oxygen atoms in total. The van der Waals surface area contributed by atoms with Crippen molar-refractivity contribution in [1.82, 2.24) is 10.3 Å². The molecule has 1 atom stereocenters. The molecule has 2 aromatic rings. The summed E-state index contributed by atoms with van der Waals surface area (Å²) < 4.78 is 0. The fourth-order valence-corrected chi connectivity index (χ4v) is 2.95. The summed E-state index contributed by atoms with van der Waals surface area (Å²) in [6.45, 7) is 1.79. The summed E-state index contributed by atoms with van der Waals surface area (Å²) in [5.41, 5.74) is 1.84. The minimum atomic E-state index is -0.528. The van der Waals surface area contributed by atoms with Gasteiger partial charge in [0.2, 0.25) is 0 Å². The van der Waals surface area contributed by atoms with Crippen LogP contribution in [0.1, 0.15) is 63.3 Å². The average Bonchev–Trinajstić information content (AvgIpc) is 2.61. The van der Waals surface area contributed by atoms with Crippen molar-refractivity contribution < 1.29 is 9.59 Å². The molecule has 1 aromatic heterocycles. The summed E-state index contributed by atoms with van der Waals surface area (Å²) in [6, 6.07) is 9.94. The Morgan fingerprint density at radius 1 is 1.24 bits per heavy atom. The summed E-state index contributed by atoms with van der Waals surface area (Å²) in [4.78, 5) is 39.3. The molecule has 25 heavy (non-hydrogen) atoms. The van der Waals surface area contributed by atoms with E-state index < -0.39 is 11.5 Å². The highest BCUT2D eigenvalue weighted by Gasteiger charge is 2.22. The van der Waals surface area contributed by atoms with E-state index in [1.54, 1.807) is 31.2 Å². The van der Waals surface area contributed by atoms with E-state index in [0.29, 0.717) is 36.1 Å². The molecule has 0 radical (unpaired) electrons. The number of nitrogens with one attached hydrogen (secondary N) is 2. The zero-order chi connectivity index (χ0) is 18.0. The van der Waals surface area contributed by atoms with Crippen molar-refractivity contribution in [3.63, 3.8) is 0 Å². The van der Waals surface area contributed by atoms with E-state index in [9.17, 15) is 14.4 Å². The molecular weight excluding hydrogens is 318 g/mol. The third-order valence-corrected chi connectivity index (χ3v) is 4.39. The standard InChI is InChI=1S/C19H17N3O3/c1-11(13-7-5-12(10-20)6-8-13)21-18(24)15-9-14-16(22-19(15)25)3-2-4-17(14)23/h5-9,11H,2-4H2,1H3,(H,21,24)(H,22,25). The van der Waals surface area contributed by atoms with Crippen LogP contribution in [0.4, 0.5) is 0 Å². The summed E-state index contributed by atoms with van der Waals surface area (Å²) in [5.74, 6) is -0.578. The van der Waals surface area contributed by atoms with Crippen LogP contribution in [0, 0.1) is 11.3 Å². The number of aromatic nitrogens is 1. The maximum atomic E-state index is 12.5. The number of nitrogens with zero attached hydrogens (tertiary/aromatic N) is 1. The van der Waals surface area contributed by atoms with Crippen LogP contribution in [-0.2, 0) is 6.42 Å². The van der Waals surface area contributed by atoms with Crippen LogP contribution in [0.3, 0.4) is 0 Å². The van der Waals surface area contributed by atoms with Gasteiger partial charge in [-0.3, -0.25) is 14.4 Å². The van der Waals surface area contributed by atoms with Gasteiger partial charge in [0.15, 0.2) is 5.78 Å². The molecule has 0 saturated heterocycles. The van der Waals surface area contributed by atoms with Crippen LogP contribution >= 0.6 is 0 Å². The smallest absolute Gasteiger partial charge is 0.261 e. The van der Waals surface area contributed by atoms with Gasteiger partial charge in [0.1, 0.15) is 5.56 Å². The van der Waals surface area contributed by atoms with E-state index in [0.717, 1.165) is 5.56 Å². The Bertz CT molecular complexity index is 936. The van der Waals surface area contributed by atoms with Crippen molar-refractivity contribution in [2.24, 2.45) is 0 Å². The number of hydrogen-bond acceptors (Lipinski definition) is 4. The van der Waals surface area contributed by atoms with E-state index in [4.69, 9.17) is 5.26 Å². The minimum Gasteiger partial charge on any atom is -0.345 e. The molecule has 1 amide bonds. The Kier molecular flexibility index (Phi) is 4.48. The molecule has 126 valence electrons. The van der Waals surface area contributed by atoms with Gasteiger partial charge in [0.05, 0.1) is 17.7 Å². The normalized spacial score (nSPS) is 14.3. The second-order valence-electron chi connectivity index (χ2n) is 6.11. The predicted octanol–water partition coefficient (Wildman–Crippen LogP) is 2.26. The zero-order valence-corrected chi connectivity index (χ0v) is 13.8. The number of amides is 1. The lowest BCUT2D eigenvalue weighted by atomic mass is 9.93. The number of hydrogen-bond donors (Lipinski definition) is 2. The Hall–Kier alpha value is -3.20. The second-order valence-corrected chi connectivity index (χ2v) is 6.11. The maximum Gasteiger partial charge on any atom is 0.261 e. The number of nitriles is 1. The number of rotatable bonds is 3. The first-order chi connectivity index (χ1) is 12.0. The van der Waals surface area contributed by atoms with Crippen molar-refractivity contribution in [1.29, 1.82) is 5.26 Å². The van der Waals surface area contributed by atoms with Gasteiger partial charge in [-0.05, 0) is 43.5 Å². The average molecular weight is 335 g/mol. The van der Waals surface area contributed by atoms with Gasteiger partial charge < -0.3 is 10.3 Å². The van der Waals surface area contributed by atoms with E-state index in [-0.39, 0.29) is 17.4 Å². The number of aryl methyl sites for hydroxylation is 1. The maximum absolute atomic E-state index is 12.5. The zero-order valence-electron chi connectivity index (χ0n) is 13.8. The number of aromatic amines is 1. The highest BCUT2D eigenvalue weighted by molar-refractivity contribution is 6.01. The number of benzene rings is 1. The Balaban J connectivity index is 1.83. The number of carbonyl (C=O) groups excluding carboxylic acids is 2. The number of Topliss-reactive ketones (excluding diaryl/α,β-unsaturated/α-hetero) is 1. The van der Waals surface area contributed by atoms with Crippen molar-refractivity contribution in [3.8, 4) is 6.07 Å². The van der Waals surface area contributed by atoms with Crippen molar-refractivity contribution in [3.05, 3.63) is 68.6 Å².